The molecule has 0 aliphatic carbocycles. The Morgan fingerprint density at radius 2 is 1.55 bits per heavy atom. The lowest BCUT2D eigenvalue weighted by Gasteiger charge is -2.18. The Morgan fingerprint density at radius 3 is 2.07 bits per heavy atom. The minimum atomic E-state index is -0.212. The minimum absolute atomic E-state index is 0.212. The maximum Gasteiger partial charge on any atom is 0.193 e. The monoisotopic (exact) mass is 396 g/mol. The minimum Gasteiger partial charge on any atom is -0.497 e. The molecule has 0 fully saturated rings. The second-order valence-corrected chi connectivity index (χ2v) is 6.62. The molecule has 5 heteroatoms. The van der Waals surface area contributed by atoms with E-state index in [9.17, 15) is 4.79 Å². The van der Waals surface area contributed by atoms with Crippen molar-refractivity contribution < 1.29 is 23.7 Å². The van der Waals surface area contributed by atoms with Crippen molar-refractivity contribution >= 4 is 11.9 Å². The summed E-state index contributed by atoms with van der Waals surface area (Å²) in [7, 11) is 6.27. The molecule has 2 aromatic carbocycles. The van der Waals surface area contributed by atoms with Crippen molar-refractivity contribution in [3.05, 3.63) is 64.7 Å². The van der Waals surface area contributed by atoms with E-state index in [-0.39, 0.29) is 5.78 Å². The van der Waals surface area contributed by atoms with Gasteiger partial charge in [0, 0.05) is 11.6 Å². The molecule has 0 radical (unpaired) electrons. The Bertz CT molecular complexity index is 904. The van der Waals surface area contributed by atoms with Crippen molar-refractivity contribution in [3.63, 3.8) is 0 Å². The lowest BCUT2D eigenvalue weighted by Crippen LogP contribution is -2.07. The van der Waals surface area contributed by atoms with Crippen LogP contribution in [0, 0.1) is 0 Å². The van der Waals surface area contributed by atoms with E-state index in [0.29, 0.717) is 29.2 Å². The first-order valence-electron chi connectivity index (χ1n) is 9.26. The zero-order valence-electron chi connectivity index (χ0n) is 17.9. The predicted octanol–water partition coefficient (Wildman–Crippen LogP) is 5.13. The SMILES string of the molecule is COc1ccc(C=CC(=O)c2c(OC)cc(OC)c(CC=C(C)C)c2OC)cc1. The maximum atomic E-state index is 13.1. The first-order chi connectivity index (χ1) is 13.9. The van der Waals surface area contributed by atoms with Crippen LogP contribution in [-0.2, 0) is 6.42 Å². The average molecular weight is 396 g/mol. The van der Waals surface area contributed by atoms with E-state index >= 15 is 0 Å². The molecule has 0 bridgehead atoms. The van der Waals surface area contributed by atoms with Crippen LogP contribution in [0.2, 0.25) is 0 Å². The van der Waals surface area contributed by atoms with Gasteiger partial charge in [-0.3, -0.25) is 4.79 Å². The summed E-state index contributed by atoms with van der Waals surface area (Å²) >= 11 is 0. The van der Waals surface area contributed by atoms with Gasteiger partial charge >= 0.3 is 0 Å². The van der Waals surface area contributed by atoms with E-state index in [1.54, 1.807) is 33.5 Å². The summed E-state index contributed by atoms with van der Waals surface area (Å²) in [5.41, 5.74) is 3.23. The molecule has 0 unspecified atom stereocenters. The number of benzene rings is 2. The summed E-state index contributed by atoms with van der Waals surface area (Å²) in [4.78, 5) is 13.1. The molecule has 0 heterocycles. The lowest BCUT2D eigenvalue weighted by molar-refractivity contribution is 0.104. The number of ether oxygens (including phenoxy) is 4. The largest absolute Gasteiger partial charge is 0.497 e. The van der Waals surface area contributed by atoms with Crippen LogP contribution in [-0.4, -0.2) is 34.2 Å². The van der Waals surface area contributed by atoms with Crippen LogP contribution in [0.1, 0.15) is 35.3 Å². The van der Waals surface area contributed by atoms with Gasteiger partial charge in [0.05, 0.1) is 28.4 Å². The third-order valence-electron chi connectivity index (χ3n) is 4.45. The molecule has 2 aromatic rings. The van der Waals surface area contributed by atoms with Gasteiger partial charge in [-0.25, -0.2) is 0 Å². The standard InChI is InChI=1S/C24H28O5/c1-16(2)7-13-19-21(27-4)15-22(28-5)23(24(19)29-6)20(25)14-10-17-8-11-18(26-3)12-9-17/h7-12,14-15H,13H2,1-6H3. The van der Waals surface area contributed by atoms with Gasteiger partial charge in [-0.15, -0.1) is 0 Å². The van der Waals surface area contributed by atoms with Crippen molar-refractivity contribution in [2.75, 3.05) is 28.4 Å². The van der Waals surface area contributed by atoms with E-state index in [1.807, 2.05) is 38.1 Å². The average Bonchev–Trinajstić information content (AvgIpc) is 2.74. The molecule has 0 N–H and O–H groups in total. The molecule has 5 nitrogen and oxygen atoms in total. The number of allylic oxidation sites excluding steroid dienone is 3. The third-order valence-corrected chi connectivity index (χ3v) is 4.45. The summed E-state index contributed by atoms with van der Waals surface area (Å²) in [5, 5.41) is 0. The molecule has 154 valence electrons. The highest BCUT2D eigenvalue weighted by molar-refractivity contribution is 6.11. The number of ketones is 1. The molecule has 0 atom stereocenters. The van der Waals surface area contributed by atoms with Crippen LogP contribution < -0.4 is 18.9 Å². The highest BCUT2D eigenvalue weighted by Gasteiger charge is 2.23. The molecule has 29 heavy (non-hydrogen) atoms. The molecular weight excluding hydrogens is 368 g/mol. The van der Waals surface area contributed by atoms with Crippen molar-refractivity contribution in [1.29, 1.82) is 0 Å². The Balaban J connectivity index is 2.50. The second kappa shape index (κ2) is 10.4. The van der Waals surface area contributed by atoms with Gasteiger partial charge in [0.15, 0.2) is 5.78 Å². The number of hydrogen-bond acceptors (Lipinski definition) is 5. The molecule has 0 aliphatic heterocycles. The van der Waals surface area contributed by atoms with Gasteiger partial charge in [0.1, 0.15) is 28.6 Å². The van der Waals surface area contributed by atoms with E-state index in [4.69, 9.17) is 18.9 Å². The van der Waals surface area contributed by atoms with Gasteiger partial charge in [-0.1, -0.05) is 29.9 Å². The van der Waals surface area contributed by atoms with Gasteiger partial charge in [-0.2, -0.15) is 0 Å². The second-order valence-electron chi connectivity index (χ2n) is 6.62. The van der Waals surface area contributed by atoms with E-state index in [0.717, 1.165) is 22.4 Å². The topological polar surface area (TPSA) is 54.0 Å². The quantitative estimate of drug-likeness (QED) is 0.334. The van der Waals surface area contributed by atoms with Crippen LogP contribution in [0.4, 0.5) is 0 Å². The predicted molar refractivity (Wildman–Crippen MR) is 116 cm³/mol. The zero-order chi connectivity index (χ0) is 21.4. The van der Waals surface area contributed by atoms with Gasteiger partial charge in [-0.05, 0) is 44.0 Å². The fourth-order valence-electron chi connectivity index (χ4n) is 2.92. The first kappa shape index (κ1) is 22.1. The smallest absolute Gasteiger partial charge is 0.193 e. The summed E-state index contributed by atoms with van der Waals surface area (Å²) in [5.74, 6) is 2.03. The summed E-state index contributed by atoms with van der Waals surface area (Å²) < 4.78 is 21.8. The fraction of sp³-hybridized carbons (Fsp3) is 0.292. The molecular formula is C24H28O5. The van der Waals surface area contributed by atoms with E-state index < -0.39 is 0 Å². The van der Waals surface area contributed by atoms with E-state index in [1.165, 1.54) is 13.2 Å². The van der Waals surface area contributed by atoms with Crippen molar-refractivity contribution in [1.82, 2.24) is 0 Å². The maximum absolute atomic E-state index is 13.1. The van der Waals surface area contributed by atoms with Crippen LogP contribution in [0.5, 0.6) is 23.0 Å². The normalized spacial score (nSPS) is 10.6. The third kappa shape index (κ3) is 5.41. The molecule has 0 amide bonds. The van der Waals surface area contributed by atoms with E-state index in [2.05, 4.69) is 6.08 Å². The Labute approximate surface area is 172 Å². The number of rotatable bonds is 9. The Kier molecular flexibility index (Phi) is 7.89. The summed E-state index contributed by atoms with van der Waals surface area (Å²) in [6, 6.07) is 9.17. The molecule has 0 aliphatic rings. The van der Waals surface area contributed by atoms with Crippen LogP contribution in [0.15, 0.2) is 48.1 Å². The van der Waals surface area contributed by atoms with Crippen molar-refractivity contribution in [2.45, 2.75) is 20.3 Å². The Hall–Kier alpha value is -3.21. The van der Waals surface area contributed by atoms with Gasteiger partial charge < -0.3 is 18.9 Å². The molecule has 0 spiro atoms. The number of carbonyl (C=O) groups is 1. The van der Waals surface area contributed by atoms with Gasteiger partial charge in [0.25, 0.3) is 0 Å². The Morgan fingerprint density at radius 1 is 0.897 bits per heavy atom. The number of carbonyl (C=O) groups excluding carboxylic acids is 1. The van der Waals surface area contributed by atoms with Crippen LogP contribution in [0.25, 0.3) is 6.08 Å². The molecule has 2 rings (SSSR count). The fourth-order valence-corrected chi connectivity index (χ4v) is 2.92. The van der Waals surface area contributed by atoms with Crippen molar-refractivity contribution in [2.24, 2.45) is 0 Å². The highest BCUT2D eigenvalue weighted by atomic mass is 16.5. The highest BCUT2D eigenvalue weighted by Crippen LogP contribution is 2.40. The summed E-state index contributed by atoms with van der Waals surface area (Å²) in [6.07, 6.45) is 5.91. The lowest BCUT2D eigenvalue weighted by atomic mass is 9.99. The molecule has 0 aromatic heterocycles. The zero-order valence-corrected chi connectivity index (χ0v) is 17.9. The summed E-state index contributed by atoms with van der Waals surface area (Å²) in [6.45, 7) is 4.04. The van der Waals surface area contributed by atoms with Crippen molar-refractivity contribution in [3.8, 4) is 23.0 Å². The molecule has 0 saturated carbocycles. The number of hydrogen-bond donors (Lipinski definition) is 0. The van der Waals surface area contributed by atoms with Crippen LogP contribution in [0.3, 0.4) is 0 Å². The first-order valence-corrected chi connectivity index (χ1v) is 9.26. The van der Waals surface area contributed by atoms with Crippen LogP contribution >= 0.6 is 0 Å². The van der Waals surface area contributed by atoms with Gasteiger partial charge in [0.2, 0.25) is 0 Å². The molecule has 0 saturated heterocycles. The number of methoxy groups -OCH3 is 4.